The van der Waals surface area contributed by atoms with E-state index in [0.717, 1.165) is 43.7 Å². The van der Waals surface area contributed by atoms with Crippen molar-refractivity contribution >= 4 is 11.3 Å². The first-order valence-corrected chi connectivity index (χ1v) is 10.2. The number of likely N-dealkylation sites (tertiary alicyclic amines) is 1. The molecule has 1 aliphatic heterocycles. The lowest BCUT2D eigenvalue weighted by Crippen LogP contribution is -2.53. The van der Waals surface area contributed by atoms with Crippen LogP contribution in [0, 0.1) is 11.8 Å². The molecule has 6 heteroatoms. The zero-order valence-electron chi connectivity index (χ0n) is 15.7. The van der Waals surface area contributed by atoms with Crippen molar-refractivity contribution in [2.24, 2.45) is 0 Å². The predicted octanol–water partition coefficient (Wildman–Crippen LogP) is 1.60. The van der Waals surface area contributed by atoms with Gasteiger partial charge in [-0.3, -0.25) is 9.88 Å². The Labute approximate surface area is 165 Å². The molecule has 1 fully saturated rings. The molecule has 2 aromatic heterocycles. The van der Waals surface area contributed by atoms with Gasteiger partial charge in [-0.15, -0.1) is 11.3 Å². The molecule has 0 amide bonds. The van der Waals surface area contributed by atoms with Crippen LogP contribution in [0.2, 0.25) is 0 Å². The molecule has 2 N–H and O–H groups in total. The first kappa shape index (κ1) is 20.0. The molecule has 0 radical (unpaired) electrons. The Hall–Kier alpha value is -1.75. The van der Waals surface area contributed by atoms with Gasteiger partial charge in [-0.25, -0.2) is 0 Å². The average Bonchev–Trinajstić information content (AvgIpc) is 3.12. The fourth-order valence-electron chi connectivity index (χ4n) is 3.54. The molecule has 0 bridgehead atoms. The van der Waals surface area contributed by atoms with Crippen LogP contribution in [0.3, 0.4) is 0 Å². The number of hydrogen-bond donors (Lipinski definition) is 2. The summed E-state index contributed by atoms with van der Waals surface area (Å²) in [5.41, 5.74) is 2.04. The smallest absolute Gasteiger partial charge is 0.104 e. The largest absolute Gasteiger partial charge is 0.390 e. The number of aromatic nitrogens is 1. The van der Waals surface area contributed by atoms with E-state index in [0.29, 0.717) is 6.54 Å². The van der Waals surface area contributed by atoms with Gasteiger partial charge in [-0.2, -0.15) is 0 Å². The molecule has 0 aliphatic carbocycles. The van der Waals surface area contributed by atoms with Crippen LogP contribution in [0.1, 0.15) is 22.6 Å². The van der Waals surface area contributed by atoms with Gasteiger partial charge in [0.05, 0.1) is 6.10 Å². The summed E-state index contributed by atoms with van der Waals surface area (Å²) in [4.78, 5) is 10.2. The Morgan fingerprint density at radius 2 is 2.30 bits per heavy atom. The second-order valence-corrected chi connectivity index (χ2v) is 7.97. The van der Waals surface area contributed by atoms with Gasteiger partial charge < -0.3 is 15.1 Å². The summed E-state index contributed by atoms with van der Waals surface area (Å²) in [6.45, 7) is 3.29. The monoisotopic (exact) mass is 385 g/mol. The molecule has 3 heterocycles. The number of β-amino-alcohol motifs (C(OH)–C–C–N with tert-alkyl or cyclic N) is 1. The van der Waals surface area contributed by atoms with Crippen molar-refractivity contribution in [1.29, 1.82) is 0 Å². The number of thiophene rings is 1. The SMILES string of the molecule is CN(CCc1ccccn1)[C@H]1CCN(Cc2cc(C#CCO)cs2)C[C@@H]1O. The Bertz CT molecular complexity index is 768. The van der Waals surface area contributed by atoms with Gasteiger partial charge in [0, 0.05) is 66.4 Å². The molecule has 144 valence electrons. The number of rotatable bonds is 6. The quantitative estimate of drug-likeness (QED) is 0.740. The van der Waals surface area contributed by atoms with Crippen LogP contribution in [0.15, 0.2) is 35.8 Å². The average molecular weight is 386 g/mol. The van der Waals surface area contributed by atoms with Crippen molar-refractivity contribution in [3.8, 4) is 11.8 Å². The Balaban J connectivity index is 1.47. The fraction of sp³-hybridized carbons (Fsp3) is 0.476. The third-order valence-electron chi connectivity index (χ3n) is 4.99. The van der Waals surface area contributed by atoms with Crippen LogP contribution in [-0.2, 0) is 13.0 Å². The predicted molar refractivity (Wildman–Crippen MR) is 109 cm³/mol. The number of piperidine rings is 1. The third kappa shape index (κ3) is 5.86. The maximum absolute atomic E-state index is 10.7. The van der Waals surface area contributed by atoms with E-state index in [1.165, 1.54) is 4.88 Å². The highest BCUT2D eigenvalue weighted by Gasteiger charge is 2.30. The normalized spacial score (nSPS) is 20.4. The second-order valence-electron chi connectivity index (χ2n) is 6.97. The molecule has 0 spiro atoms. The number of hydrogen-bond acceptors (Lipinski definition) is 6. The highest BCUT2D eigenvalue weighted by Crippen LogP contribution is 2.21. The molecule has 27 heavy (non-hydrogen) atoms. The minimum Gasteiger partial charge on any atom is -0.390 e. The molecular formula is C21H27N3O2S. The minimum absolute atomic E-state index is 0.112. The summed E-state index contributed by atoms with van der Waals surface area (Å²) in [5.74, 6) is 5.62. The lowest BCUT2D eigenvalue weighted by molar-refractivity contribution is -0.00591. The first-order chi connectivity index (χ1) is 13.2. The molecule has 2 aromatic rings. The highest BCUT2D eigenvalue weighted by atomic mass is 32.1. The van der Waals surface area contributed by atoms with Crippen LogP contribution in [0.4, 0.5) is 0 Å². The van der Waals surface area contributed by atoms with Crippen LogP contribution in [0.25, 0.3) is 0 Å². The molecule has 1 saturated heterocycles. The molecular weight excluding hydrogens is 358 g/mol. The van der Waals surface area contributed by atoms with Crippen LogP contribution < -0.4 is 0 Å². The van der Waals surface area contributed by atoms with Gasteiger partial charge in [-0.05, 0) is 31.7 Å². The summed E-state index contributed by atoms with van der Waals surface area (Å²) in [6, 6.07) is 8.26. The van der Waals surface area contributed by atoms with Crippen molar-refractivity contribution in [1.82, 2.24) is 14.8 Å². The van der Waals surface area contributed by atoms with Gasteiger partial charge in [-0.1, -0.05) is 17.9 Å². The van der Waals surface area contributed by atoms with E-state index < -0.39 is 0 Å². The Kier molecular flexibility index (Phi) is 7.39. The van der Waals surface area contributed by atoms with Crippen LogP contribution in [0.5, 0.6) is 0 Å². The number of nitrogens with zero attached hydrogens (tertiary/aromatic N) is 3. The lowest BCUT2D eigenvalue weighted by Gasteiger charge is -2.40. The van der Waals surface area contributed by atoms with Crippen molar-refractivity contribution in [3.05, 3.63) is 52.0 Å². The molecule has 3 rings (SSSR count). The van der Waals surface area contributed by atoms with Gasteiger partial charge >= 0.3 is 0 Å². The summed E-state index contributed by atoms with van der Waals surface area (Å²) in [5, 5.41) is 21.5. The van der Waals surface area contributed by atoms with Gasteiger partial charge in [0.15, 0.2) is 0 Å². The van der Waals surface area contributed by atoms with Gasteiger partial charge in [0.2, 0.25) is 0 Å². The van der Waals surface area contributed by atoms with E-state index in [2.05, 4.69) is 39.7 Å². The van der Waals surface area contributed by atoms with Crippen LogP contribution >= 0.6 is 11.3 Å². The molecule has 1 aliphatic rings. The Morgan fingerprint density at radius 3 is 3.04 bits per heavy atom. The molecule has 0 saturated carbocycles. The van der Waals surface area contributed by atoms with E-state index in [1.54, 1.807) is 11.3 Å². The maximum atomic E-state index is 10.7. The standard InChI is InChI=1S/C21H27N3O2S/c1-23(10-7-18-6-2-3-9-22-18)20-8-11-24(15-21(20)26)14-19-13-17(16-27-19)5-4-12-25/h2-3,6,9,13,16,20-21,25-26H,7-8,10-12,14-15H2,1H3/t20-,21-/m0/s1. The number of pyridine rings is 1. The second kappa shape index (κ2) is 9.98. The molecule has 0 unspecified atom stereocenters. The molecule has 0 aromatic carbocycles. The van der Waals surface area contributed by atoms with Crippen LogP contribution in [-0.4, -0.2) is 70.4 Å². The number of aliphatic hydroxyl groups is 2. The summed E-state index contributed by atoms with van der Waals surface area (Å²) in [7, 11) is 2.10. The van der Waals surface area contributed by atoms with Gasteiger partial charge in [0.25, 0.3) is 0 Å². The van der Waals surface area contributed by atoms with Crippen molar-refractivity contribution in [3.63, 3.8) is 0 Å². The summed E-state index contributed by atoms with van der Waals surface area (Å²) >= 11 is 1.68. The zero-order chi connectivity index (χ0) is 19.1. The minimum atomic E-state index is -0.346. The summed E-state index contributed by atoms with van der Waals surface area (Å²) in [6.07, 6.45) is 3.34. The maximum Gasteiger partial charge on any atom is 0.104 e. The van der Waals surface area contributed by atoms with Crippen molar-refractivity contribution < 1.29 is 10.2 Å². The topological polar surface area (TPSA) is 59.8 Å². The molecule has 5 nitrogen and oxygen atoms in total. The third-order valence-corrected chi connectivity index (χ3v) is 5.91. The van der Waals surface area contributed by atoms with Crippen molar-refractivity contribution in [2.45, 2.75) is 31.5 Å². The fourth-order valence-corrected chi connectivity index (χ4v) is 4.39. The van der Waals surface area contributed by atoms with E-state index >= 15 is 0 Å². The lowest BCUT2D eigenvalue weighted by atomic mass is 10.00. The van der Waals surface area contributed by atoms with Crippen molar-refractivity contribution in [2.75, 3.05) is 33.3 Å². The highest BCUT2D eigenvalue weighted by molar-refractivity contribution is 7.10. The summed E-state index contributed by atoms with van der Waals surface area (Å²) < 4.78 is 0. The molecule has 2 atom stereocenters. The van der Waals surface area contributed by atoms with E-state index in [4.69, 9.17) is 5.11 Å². The Morgan fingerprint density at radius 1 is 1.41 bits per heavy atom. The first-order valence-electron chi connectivity index (χ1n) is 9.33. The van der Waals surface area contributed by atoms with E-state index in [-0.39, 0.29) is 18.8 Å². The van der Waals surface area contributed by atoms with Gasteiger partial charge in [0.1, 0.15) is 6.61 Å². The number of likely N-dealkylation sites (N-methyl/N-ethyl adjacent to an activating group) is 1. The van der Waals surface area contributed by atoms with E-state index in [9.17, 15) is 5.11 Å². The zero-order valence-corrected chi connectivity index (χ0v) is 16.5. The van der Waals surface area contributed by atoms with E-state index in [1.807, 2.05) is 29.8 Å². The number of aliphatic hydroxyl groups excluding tert-OH is 2.